The van der Waals surface area contributed by atoms with Gasteiger partial charge in [-0.05, 0) is 24.3 Å². The number of hydrogen-bond acceptors (Lipinski definition) is 3. The Morgan fingerprint density at radius 1 is 1.08 bits per heavy atom. The molecule has 0 aliphatic carbocycles. The molecule has 2 heterocycles. The SMILES string of the molecule is O=C(Nc1c2c(nn1-c1ccccc1)CS(=O)C2)c1ccccc1Cl. The number of hydrogen-bond donors (Lipinski definition) is 1. The number of carbonyl (C=O) groups excluding carboxylic acids is 1. The summed E-state index contributed by atoms with van der Waals surface area (Å²) < 4.78 is 13.6. The minimum absolute atomic E-state index is 0.317. The van der Waals surface area contributed by atoms with Gasteiger partial charge in [0, 0.05) is 16.4 Å². The molecule has 1 aromatic heterocycles. The van der Waals surface area contributed by atoms with E-state index in [1.54, 1.807) is 28.9 Å². The molecule has 0 spiro atoms. The van der Waals surface area contributed by atoms with Gasteiger partial charge in [-0.15, -0.1) is 0 Å². The Labute approximate surface area is 152 Å². The average molecular weight is 372 g/mol. The number of aromatic nitrogens is 2. The maximum Gasteiger partial charge on any atom is 0.258 e. The van der Waals surface area contributed by atoms with Crippen molar-refractivity contribution in [2.45, 2.75) is 11.5 Å². The van der Waals surface area contributed by atoms with Gasteiger partial charge in [0.15, 0.2) is 0 Å². The normalized spacial score (nSPS) is 15.8. The zero-order valence-electron chi connectivity index (χ0n) is 13.1. The monoisotopic (exact) mass is 371 g/mol. The molecule has 1 aliphatic rings. The summed E-state index contributed by atoms with van der Waals surface area (Å²) in [6, 6.07) is 16.4. The number of nitrogens with one attached hydrogen (secondary N) is 1. The number of nitrogens with zero attached hydrogens (tertiary/aromatic N) is 2. The van der Waals surface area contributed by atoms with Gasteiger partial charge >= 0.3 is 0 Å². The maximum absolute atomic E-state index is 12.7. The van der Waals surface area contributed by atoms with Crippen LogP contribution in [0, 0.1) is 0 Å². The van der Waals surface area contributed by atoms with Crippen molar-refractivity contribution in [3.63, 3.8) is 0 Å². The lowest BCUT2D eigenvalue weighted by Crippen LogP contribution is -2.17. The molecule has 126 valence electrons. The Bertz CT molecular complexity index is 985. The largest absolute Gasteiger partial charge is 0.306 e. The first-order chi connectivity index (χ1) is 12.1. The number of benzene rings is 2. The second-order valence-electron chi connectivity index (χ2n) is 5.68. The van der Waals surface area contributed by atoms with Crippen molar-refractivity contribution >= 4 is 34.1 Å². The zero-order valence-corrected chi connectivity index (χ0v) is 14.7. The lowest BCUT2D eigenvalue weighted by molar-refractivity contribution is 0.102. The third-order valence-corrected chi connectivity index (χ3v) is 5.56. The van der Waals surface area contributed by atoms with E-state index in [9.17, 15) is 9.00 Å². The van der Waals surface area contributed by atoms with Crippen LogP contribution in [0.5, 0.6) is 0 Å². The topological polar surface area (TPSA) is 64.0 Å². The van der Waals surface area contributed by atoms with E-state index in [-0.39, 0.29) is 5.91 Å². The molecule has 3 aromatic rings. The standard InChI is InChI=1S/C18H14ClN3O2S/c19-15-9-5-4-8-13(15)18(23)20-17-14-10-25(24)11-16(14)21-22(17)12-6-2-1-3-7-12/h1-9H,10-11H2,(H,20,23). The summed E-state index contributed by atoms with van der Waals surface area (Å²) in [6.45, 7) is 0. The number of fused-ring (bicyclic) bond motifs is 1. The van der Waals surface area contributed by atoms with Crippen molar-refractivity contribution in [1.29, 1.82) is 0 Å². The minimum atomic E-state index is -0.980. The molecule has 25 heavy (non-hydrogen) atoms. The number of rotatable bonds is 3. The predicted octanol–water partition coefficient (Wildman–Crippen LogP) is 3.54. The Morgan fingerprint density at radius 3 is 2.56 bits per heavy atom. The molecule has 7 heteroatoms. The molecule has 1 atom stereocenters. The van der Waals surface area contributed by atoms with Gasteiger partial charge in [0.05, 0.1) is 33.5 Å². The lowest BCUT2D eigenvalue weighted by Gasteiger charge is -2.11. The van der Waals surface area contributed by atoms with Gasteiger partial charge in [0.1, 0.15) is 5.82 Å². The first-order valence-corrected chi connectivity index (χ1v) is 9.57. The van der Waals surface area contributed by atoms with E-state index >= 15 is 0 Å². The van der Waals surface area contributed by atoms with Gasteiger partial charge in [0.25, 0.3) is 5.91 Å². The Hall–Kier alpha value is -2.44. The van der Waals surface area contributed by atoms with E-state index in [1.165, 1.54) is 0 Å². The number of anilines is 1. The predicted molar refractivity (Wildman–Crippen MR) is 98.5 cm³/mol. The molecular formula is C18H14ClN3O2S. The molecule has 1 aliphatic heterocycles. The van der Waals surface area contributed by atoms with Crippen LogP contribution in [-0.2, 0) is 22.3 Å². The molecule has 1 amide bonds. The van der Waals surface area contributed by atoms with Crippen LogP contribution in [0.25, 0.3) is 5.69 Å². The van der Waals surface area contributed by atoms with E-state index in [0.29, 0.717) is 27.9 Å². The van der Waals surface area contributed by atoms with Gasteiger partial charge in [-0.1, -0.05) is 41.9 Å². The van der Waals surface area contributed by atoms with Crippen LogP contribution < -0.4 is 5.32 Å². The molecule has 5 nitrogen and oxygen atoms in total. The van der Waals surface area contributed by atoms with Crippen molar-refractivity contribution in [3.8, 4) is 5.69 Å². The van der Waals surface area contributed by atoms with Gasteiger partial charge in [-0.3, -0.25) is 9.00 Å². The highest BCUT2D eigenvalue weighted by Crippen LogP contribution is 2.31. The van der Waals surface area contributed by atoms with E-state index in [1.807, 2.05) is 30.3 Å². The highest BCUT2D eigenvalue weighted by Gasteiger charge is 2.28. The highest BCUT2D eigenvalue weighted by molar-refractivity contribution is 7.83. The molecule has 1 N–H and O–H groups in total. The molecule has 0 saturated carbocycles. The molecule has 4 rings (SSSR count). The second-order valence-corrected chi connectivity index (χ2v) is 7.55. The highest BCUT2D eigenvalue weighted by atomic mass is 35.5. The van der Waals surface area contributed by atoms with Crippen LogP contribution in [0.4, 0.5) is 5.82 Å². The van der Waals surface area contributed by atoms with Gasteiger partial charge in [-0.2, -0.15) is 5.10 Å². The van der Waals surface area contributed by atoms with Crippen molar-refractivity contribution in [3.05, 3.63) is 76.4 Å². The molecule has 0 fully saturated rings. The molecule has 0 bridgehead atoms. The molecule has 0 radical (unpaired) electrons. The van der Waals surface area contributed by atoms with Crippen LogP contribution in [0.1, 0.15) is 21.6 Å². The molecule has 0 saturated heterocycles. The van der Waals surface area contributed by atoms with Crippen LogP contribution in [0.3, 0.4) is 0 Å². The second kappa shape index (κ2) is 6.46. The van der Waals surface area contributed by atoms with Crippen LogP contribution in [0.2, 0.25) is 5.02 Å². The Balaban J connectivity index is 1.77. The smallest absolute Gasteiger partial charge is 0.258 e. The summed E-state index contributed by atoms with van der Waals surface area (Å²) in [6.07, 6.45) is 0. The van der Waals surface area contributed by atoms with Crippen molar-refractivity contribution in [2.24, 2.45) is 0 Å². The maximum atomic E-state index is 12.7. The number of para-hydroxylation sites is 1. The quantitative estimate of drug-likeness (QED) is 0.765. The number of carbonyl (C=O) groups is 1. The summed E-state index contributed by atoms with van der Waals surface area (Å²) in [5, 5.41) is 7.85. The van der Waals surface area contributed by atoms with Crippen LogP contribution in [-0.4, -0.2) is 19.9 Å². The van der Waals surface area contributed by atoms with Gasteiger partial charge in [0.2, 0.25) is 0 Å². The summed E-state index contributed by atoms with van der Waals surface area (Å²) in [5.74, 6) is 1.03. The van der Waals surface area contributed by atoms with E-state index < -0.39 is 10.8 Å². The molecule has 1 unspecified atom stereocenters. The number of amides is 1. The Morgan fingerprint density at radius 2 is 1.80 bits per heavy atom. The van der Waals surface area contributed by atoms with Gasteiger partial charge in [-0.25, -0.2) is 4.68 Å². The van der Waals surface area contributed by atoms with Crippen LogP contribution in [0.15, 0.2) is 54.6 Å². The summed E-state index contributed by atoms with van der Waals surface area (Å²) in [7, 11) is -0.980. The fourth-order valence-corrected chi connectivity index (χ4v) is 4.32. The van der Waals surface area contributed by atoms with Crippen molar-refractivity contribution in [1.82, 2.24) is 9.78 Å². The van der Waals surface area contributed by atoms with Crippen molar-refractivity contribution < 1.29 is 9.00 Å². The molecular weight excluding hydrogens is 358 g/mol. The van der Waals surface area contributed by atoms with E-state index in [2.05, 4.69) is 10.4 Å². The minimum Gasteiger partial charge on any atom is -0.306 e. The summed E-state index contributed by atoms with van der Waals surface area (Å²) in [4.78, 5) is 12.7. The number of halogens is 1. The lowest BCUT2D eigenvalue weighted by atomic mass is 10.2. The average Bonchev–Trinajstić information content (AvgIpc) is 3.13. The summed E-state index contributed by atoms with van der Waals surface area (Å²) in [5.41, 5.74) is 2.80. The first-order valence-electron chi connectivity index (χ1n) is 7.70. The Kier molecular flexibility index (Phi) is 4.15. The fourth-order valence-electron chi connectivity index (χ4n) is 2.83. The van der Waals surface area contributed by atoms with E-state index in [0.717, 1.165) is 16.9 Å². The fraction of sp³-hybridized carbons (Fsp3) is 0.111. The zero-order chi connectivity index (χ0) is 17.4. The van der Waals surface area contributed by atoms with Gasteiger partial charge < -0.3 is 5.32 Å². The van der Waals surface area contributed by atoms with Crippen LogP contribution >= 0.6 is 11.6 Å². The third kappa shape index (κ3) is 2.99. The summed E-state index contributed by atoms with van der Waals surface area (Å²) >= 11 is 6.12. The van der Waals surface area contributed by atoms with E-state index in [4.69, 9.17) is 11.6 Å². The third-order valence-electron chi connectivity index (χ3n) is 4.02. The molecule has 2 aromatic carbocycles. The van der Waals surface area contributed by atoms with Crippen molar-refractivity contribution in [2.75, 3.05) is 5.32 Å². The first kappa shape index (κ1) is 16.1.